The van der Waals surface area contributed by atoms with Gasteiger partial charge in [0.15, 0.2) is 28.8 Å². The number of para-hydroxylation sites is 1. The second kappa shape index (κ2) is 8.12. The predicted molar refractivity (Wildman–Crippen MR) is 126 cm³/mol. The highest BCUT2D eigenvalue weighted by molar-refractivity contribution is 6.00. The van der Waals surface area contributed by atoms with Crippen LogP contribution in [0.25, 0.3) is 17.0 Å². The van der Waals surface area contributed by atoms with Crippen LogP contribution in [0.4, 0.5) is 0 Å². The van der Waals surface area contributed by atoms with Gasteiger partial charge in [0.25, 0.3) is 0 Å². The lowest BCUT2D eigenvalue weighted by atomic mass is 9.78. The van der Waals surface area contributed by atoms with Crippen molar-refractivity contribution in [1.82, 2.24) is 19.6 Å². The minimum Gasteiger partial charge on any atom is -0.507 e. The van der Waals surface area contributed by atoms with Gasteiger partial charge in [-0.15, -0.1) is 5.10 Å². The Morgan fingerprint density at radius 2 is 1.91 bits per heavy atom. The second-order valence-electron chi connectivity index (χ2n) is 8.45. The summed E-state index contributed by atoms with van der Waals surface area (Å²) in [5.41, 5.74) is 3.08. The quantitative estimate of drug-likeness (QED) is 0.476. The van der Waals surface area contributed by atoms with Crippen LogP contribution >= 0.6 is 0 Å². The maximum absolute atomic E-state index is 13.2. The van der Waals surface area contributed by atoms with Gasteiger partial charge in [0.05, 0.1) is 31.3 Å². The zero-order chi connectivity index (χ0) is 24.1. The lowest BCUT2D eigenvalue weighted by Gasteiger charge is -2.32. The first-order valence-electron chi connectivity index (χ1n) is 11.3. The van der Waals surface area contributed by atoms with Crippen molar-refractivity contribution in [3.8, 4) is 34.5 Å². The van der Waals surface area contributed by atoms with E-state index in [1.807, 2.05) is 24.3 Å². The van der Waals surface area contributed by atoms with Crippen molar-refractivity contribution in [2.45, 2.75) is 25.2 Å². The number of Topliss-reactive ketones (excluding diaryl/α,β-unsaturated/α-hetero) is 1. The molecule has 9 nitrogen and oxygen atoms in total. The SMILES string of the molecule is COc1ccc([C@H]2C3=C(CCCC3=O)Oc3ncn4nc(-c5ccccc5O)nc4c32)cc1OC. The standard InChI is InChI=1S/C26H22N4O5/c1-33-18-11-10-14(12-20(18)34-2)21-22-17(32)8-5-9-19(22)35-26-23(21)25-28-24(29-30(25)13-27-26)15-6-3-4-7-16(15)31/h3-4,6-7,10-13,21,31H,5,8-9H2,1-2H3/t21-/m0/s1. The Morgan fingerprint density at radius 1 is 1.09 bits per heavy atom. The Kier molecular flexibility index (Phi) is 4.91. The Labute approximate surface area is 200 Å². The van der Waals surface area contributed by atoms with Gasteiger partial charge in [-0.1, -0.05) is 18.2 Å². The van der Waals surface area contributed by atoms with Crippen LogP contribution in [0.1, 0.15) is 36.3 Å². The maximum Gasteiger partial charge on any atom is 0.228 e. The maximum atomic E-state index is 13.2. The lowest BCUT2D eigenvalue weighted by Crippen LogP contribution is -2.26. The summed E-state index contributed by atoms with van der Waals surface area (Å²) in [6.07, 6.45) is 3.38. The number of ether oxygens (including phenoxy) is 3. The first-order valence-corrected chi connectivity index (χ1v) is 11.3. The van der Waals surface area contributed by atoms with Gasteiger partial charge in [0.2, 0.25) is 5.88 Å². The van der Waals surface area contributed by atoms with Crippen LogP contribution in [0.5, 0.6) is 23.1 Å². The number of hydrogen-bond donors (Lipinski definition) is 1. The molecule has 0 unspecified atom stereocenters. The van der Waals surface area contributed by atoms with Crippen molar-refractivity contribution in [3.63, 3.8) is 0 Å². The highest BCUT2D eigenvalue weighted by atomic mass is 16.5. The number of nitrogens with zero attached hydrogens (tertiary/aromatic N) is 4. The summed E-state index contributed by atoms with van der Waals surface area (Å²) in [5, 5.41) is 14.9. The summed E-state index contributed by atoms with van der Waals surface area (Å²) in [5.74, 6) is 2.17. The largest absolute Gasteiger partial charge is 0.507 e. The van der Waals surface area contributed by atoms with E-state index in [1.165, 1.54) is 6.33 Å². The highest BCUT2D eigenvalue weighted by Crippen LogP contribution is 2.48. The van der Waals surface area contributed by atoms with Crippen molar-refractivity contribution in [2.24, 2.45) is 0 Å². The summed E-state index contributed by atoms with van der Waals surface area (Å²) in [6, 6.07) is 12.5. The van der Waals surface area contributed by atoms with Crippen LogP contribution in [0.3, 0.4) is 0 Å². The molecule has 4 aromatic rings. The van der Waals surface area contributed by atoms with E-state index in [-0.39, 0.29) is 11.5 Å². The molecule has 1 aliphatic heterocycles. The average Bonchev–Trinajstić information content (AvgIpc) is 3.32. The number of benzene rings is 2. The van der Waals surface area contributed by atoms with E-state index in [4.69, 9.17) is 19.2 Å². The number of allylic oxidation sites excluding steroid dienone is 2. The molecule has 3 heterocycles. The zero-order valence-electron chi connectivity index (χ0n) is 19.2. The van der Waals surface area contributed by atoms with Gasteiger partial charge in [-0.25, -0.2) is 14.5 Å². The molecule has 1 atom stereocenters. The molecule has 0 bridgehead atoms. The van der Waals surface area contributed by atoms with Gasteiger partial charge in [0, 0.05) is 18.4 Å². The van der Waals surface area contributed by atoms with Crippen LogP contribution in [0, 0.1) is 0 Å². The average molecular weight is 470 g/mol. The van der Waals surface area contributed by atoms with E-state index in [9.17, 15) is 9.90 Å². The molecule has 1 aliphatic carbocycles. The normalized spacial score (nSPS) is 17.1. The molecular weight excluding hydrogens is 448 g/mol. The number of carbonyl (C=O) groups is 1. The molecule has 0 fully saturated rings. The summed E-state index contributed by atoms with van der Waals surface area (Å²) in [4.78, 5) is 22.5. The topological polar surface area (TPSA) is 108 Å². The molecule has 35 heavy (non-hydrogen) atoms. The number of ketones is 1. The Morgan fingerprint density at radius 3 is 2.71 bits per heavy atom. The number of phenols is 1. The van der Waals surface area contributed by atoms with Gasteiger partial charge >= 0.3 is 0 Å². The fourth-order valence-corrected chi connectivity index (χ4v) is 4.86. The molecular formula is C26H22N4O5. The molecule has 0 saturated heterocycles. The number of fused-ring (bicyclic) bond motifs is 3. The third kappa shape index (κ3) is 3.30. The van der Waals surface area contributed by atoms with E-state index in [1.54, 1.807) is 36.9 Å². The molecule has 9 heteroatoms. The van der Waals surface area contributed by atoms with E-state index in [0.29, 0.717) is 64.2 Å². The molecule has 0 radical (unpaired) electrons. The smallest absolute Gasteiger partial charge is 0.228 e. The van der Waals surface area contributed by atoms with Crippen LogP contribution in [0.2, 0.25) is 0 Å². The number of phenolic OH excluding ortho intramolecular Hbond substituents is 1. The minimum absolute atomic E-state index is 0.0409. The molecule has 6 rings (SSSR count). The number of hydrogen-bond acceptors (Lipinski definition) is 8. The highest BCUT2D eigenvalue weighted by Gasteiger charge is 2.40. The summed E-state index contributed by atoms with van der Waals surface area (Å²) in [7, 11) is 3.16. The lowest BCUT2D eigenvalue weighted by molar-refractivity contribution is -0.116. The van der Waals surface area contributed by atoms with E-state index in [0.717, 1.165) is 12.0 Å². The van der Waals surface area contributed by atoms with Crippen molar-refractivity contribution >= 4 is 11.4 Å². The molecule has 1 N–H and O–H groups in total. The predicted octanol–water partition coefficient (Wildman–Crippen LogP) is 4.05. The van der Waals surface area contributed by atoms with Gasteiger partial charge in [0.1, 0.15) is 17.8 Å². The van der Waals surface area contributed by atoms with Crippen molar-refractivity contribution in [2.75, 3.05) is 14.2 Å². The van der Waals surface area contributed by atoms with E-state index >= 15 is 0 Å². The molecule has 2 aromatic carbocycles. The van der Waals surface area contributed by atoms with Gasteiger partial charge in [-0.05, 0) is 36.2 Å². The summed E-state index contributed by atoms with van der Waals surface area (Å²) in [6.45, 7) is 0. The third-order valence-electron chi connectivity index (χ3n) is 6.48. The van der Waals surface area contributed by atoms with Gasteiger partial charge in [-0.3, -0.25) is 4.79 Å². The fourth-order valence-electron chi connectivity index (χ4n) is 4.86. The number of methoxy groups -OCH3 is 2. The number of aromatic hydroxyl groups is 1. The number of rotatable bonds is 4. The number of aromatic nitrogens is 4. The van der Waals surface area contributed by atoms with Crippen LogP contribution in [-0.4, -0.2) is 44.7 Å². The van der Waals surface area contributed by atoms with E-state index < -0.39 is 5.92 Å². The minimum atomic E-state index is -0.473. The Balaban J connectivity index is 1.61. The van der Waals surface area contributed by atoms with Crippen molar-refractivity contribution in [3.05, 3.63) is 71.3 Å². The zero-order valence-corrected chi connectivity index (χ0v) is 19.2. The third-order valence-corrected chi connectivity index (χ3v) is 6.48. The molecule has 2 aliphatic rings. The van der Waals surface area contributed by atoms with Crippen molar-refractivity contribution < 1.29 is 24.1 Å². The molecule has 0 saturated carbocycles. The fraction of sp³-hybridized carbons (Fsp3) is 0.231. The summed E-state index contributed by atoms with van der Waals surface area (Å²) < 4.78 is 18.7. The van der Waals surface area contributed by atoms with Crippen LogP contribution in [0.15, 0.2) is 60.1 Å². The number of carbonyl (C=O) groups excluding carboxylic acids is 1. The first-order chi connectivity index (χ1) is 17.1. The molecule has 0 spiro atoms. The van der Waals surface area contributed by atoms with E-state index in [2.05, 4.69) is 10.1 Å². The summed E-state index contributed by atoms with van der Waals surface area (Å²) >= 11 is 0. The molecule has 0 amide bonds. The first kappa shape index (κ1) is 21.2. The Hall–Kier alpha value is -4.40. The second-order valence-corrected chi connectivity index (χ2v) is 8.45. The monoisotopic (exact) mass is 470 g/mol. The van der Waals surface area contributed by atoms with Gasteiger partial charge < -0.3 is 19.3 Å². The van der Waals surface area contributed by atoms with Gasteiger partial charge in [-0.2, -0.15) is 0 Å². The van der Waals surface area contributed by atoms with Crippen molar-refractivity contribution in [1.29, 1.82) is 0 Å². The van der Waals surface area contributed by atoms with Crippen LogP contribution < -0.4 is 14.2 Å². The molecule has 2 aromatic heterocycles. The molecule has 176 valence electrons. The van der Waals surface area contributed by atoms with Crippen LogP contribution in [-0.2, 0) is 4.79 Å². The Bertz CT molecular complexity index is 1520.